The third-order valence-electron chi connectivity index (χ3n) is 3.28. The average Bonchev–Trinajstić information content (AvgIpc) is 2.70. The minimum atomic E-state index is 0.297. The van der Waals surface area contributed by atoms with Crippen molar-refractivity contribution in [2.75, 3.05) is 39.3 Å². The molecular weight excluding hydrogens is 178 g/mol. The lowest BCUT2D eigenvalue weighted by molar-refractivity contribution is -0.136. The Morgan fingerprint density at radius 2 is 2.36 bits per heavy atom. The maximum atomic E-state index is 11.7. The van der Waals surface area contributed by atoms with Gasteiger partial charge in [-0.15, -0.1) is 0 Å². The van der Waals surface area contributed by atoms with Crippen LogP contribution in [-0.4, -0.2) is 61.0 Å². The molecule has 2 fully saturated rings. The van der Waals surface area contributed by atoms with Crippen LogP contribution in [0.1, 0.15) is 13.3 Å². The van der Waals surface area contributed by atoms with E-state index in [1.165, 1.54) is 6.42 Å². The fourth-order valence-electron chi connectivity index (χ4n) is 2.32. The van der Waals surface area contributed by atoms with E-state index in [0.29, 0.717) is 18.5 Å². The SMILES string of the molecule is CCN1CCN(C2CCNC2)CC1=O. The minimum Gasteiger partial charge on any atom is -0.341 e. The fourth-order valence-corrected chi connectivity index (χ4v) is 2.32. The van der Waals surface area contributed by atoms with Crippen molar-refractivity contribution >= 4 is 5.91 Å². The van der Waals surface area contributed by atoms with E-state index in [4.69, 9.17) is 0 Å². The van der Waals surface area contributed by atoms with E-state index < -0.39 is 0 Å². The van der Waals surface area contributed by atoms with Crippen LogP contribution in [0.25, 0.3) is 0 Å². The number of rotatable bonds is 2. The van der Waals surface area contributed by atoms with Crippen LogP contribution < -0.4 is 5.32 Å². The van der Waals surface area contributed by atoms with Crippen LogP contribution in [0.2, 0.25) is 0 Å². The van der Waals surface area contributed by atoms with E-state index in [1.807, 2.05) is 11.8 Å². The number of likely N-dealkylation sites (N-methyl/N-ethyl adjacent to an activating group) is 1. The molecule has 1 N–H and O–H groups in total. The lowest BCUT2D eigenvalue weighted by Crippen LogP contribution is -2.53. The molecule has 0 saturated carbocycles. The third kappa shape index (κ3) is 1.91. The summed E-state index contributed by atoms with van der Waals surface area (Å²) in [6.45, 7) is 7.64. The second-order valence-corrected chi connectivity index (χ2v) is 4.09. The molecule has 2 aliphatic rings. The Morgan fingerprint density at radius 1 is 1.50 bits per heavy atom. The van der Waals surface area contributed by atoms with Crippen molar-refractivity contribution in [2.24, 2.45) is 0 Å². The summed E-state index contributed by atoms with van der Waals surface area (Å²) in [4.78, 5) is 15.9. The molecular formula is C10H19N3O. The van der Waals surface area contributed by atoms with Crippen molar-refractivity contribution in [2.45, 2.75) is 19.4 Å². The lowest BCUT2D eigenvalue weighted by atomic mass is 10.2. The van der Waals surface area contributed by atoms with Crippen molar-refractivity contribution < 1.29 is 4.79 Å². The van der Waals surface area contributed by atoms with Crippen LogP contribution >= 0.6 is 0 Å². The van der Waals surface area contributed by atoms with Gasteiger partial charge in [0, 0.05) is 32.2 Å². The van der Waals surface area contributed by atoms with Crippen LogP contribution in [-0.2, 0) is 4.79 Å². The van der Waals surface area contributed by atoms with Crippen molar-refractivity contribution in [1.82, 2.24) is 15.1 Å². The minimum absolute atomic E-state index is 0.297. The highest BCUT2D eigenvalue weighted by atomic mass is 16.2. The van der Waals surface area contributed by atoms with E-state index in [0.717, 1.165) is 32.7 Å². The molecule has 2 heterocycles. The molecule has 1 unspecified atom stereocenters. The number of carbonyl (C=O) groups is 1. The van der Waals surface area contributed by atoms with Crippen molar-refractivity contribution in [3.63, 3.8) is 0 Å². The van der Waals surface area contributed by atoms with Gasteiger partial charge in [0.05, 0.1) is 6.54 Å². The number of hydrogen-bond acceptors (Lipinski definition) is 3. The van der Waals surface area contributed by atoms with Gasteiger partial charge >= 0.3 is 0 Å². The molecule has 14 heavy (non-hydrogen) atoms. The van der Waals surface area contributed by atoms with Crippen LogP contribution in [0, 0.1) is 0 Å². The smallest absolute Gasteiger partial charge is 0.236 e. The maximum Gasteiger partial charge on any atom is 0.236 e. The van der Waals surface area contributed by atoms with Crippen molar-refractivity contribution in [3.05, 3.63) is 0 Å². The first-order chi connectivity index (χ1) is 6.81. The normalized spacial score (nSPS) is 29.9. The fraction of sp³-hybridized carbons (Fsp3) is 0.900. The van der Waals surface area contributed by atoms with Gasteiger partial charge in [-0.25, -0.2) is 0 Å². The molecule has 2 aliphatic heterocycles. The van der Waals surface area contributed by atoms with Gasteiger partial charge in [0.1, 0.15) is 0 Å². The summed E-state index contributed by atoms with van der Waals surface area (Å²) in [5.74, 6) is 0.297. The summed E-state index contributed by atoms with van der Waals surface area (Å²) < 4.78 is 0. The van der Waals surface area contributed by atoms with Crippen molar-refractivity contribution in [1.29, 1.82) is 0 Å². The summed E-state index contributed by atoms with van der Waals surface area (Å²) in [6.07, 6.45) is 1.19. The predicted molar refractivity (Wildman–Crippen MR) is 55.1 cm³/mol. The molecule has 0 aromatic carbocycles. The largest absolute Gasteiger partial charge is 0.341 e. The molecule has 4 nitrogen and oxygen atoms in total. The second-order valence-electron chi connectivity index (χ2n) is 4.09. The van der Waals surface area contributed by atoms with E-state index in [2.05, 4.69) is 10.2 Å². The summed E-state index contributed by atoms with van der Waals surface area (Å²) in [6, 6.07) is 0.595. The van der Waals surface area contributed by atoms with Gasteiger partial charge < -0.3 is 10.2 Å². The standard InChI is InChI=1S/C10H19N3O/c1-2-12-5-6-13(8-10(12)14)9-3-4-11-7-9/h9,11H,2-8H2,1H3. The number of nitrogens with one attached hydrogen (secondary N) is 1. The summed E-state index contributed by atoms with van der Waals surface area (Å²) in [5.41, 5.74) is 0. The van der Waals surface area contributed by atoms with Gasteiger partial charge in [0.15, 0.2) is 0 Å². The van der Waals surface area contributed by atoms with Gasteiger partial charge in [-0.05, 0) is 19.9 Å². The third-order valence-corrected chi connectivity index (χ3v) is 3.28. The van der Waals surface area contributed by atoms with Gasteiger partial charge in [0.2, 0.25) is 5.91 Å². The molecule has 4 heteroatoms. The summed E-state index contributed by atoms with van der Waals surface area (Å²) in [5, 5.41) is 3.34. The molecule has 2 saturated heterocycles. The first-order valence-electron chi connectivity index (χ1n) is 5.54. The van der Waals surface area contributed by atoms with Crippen molar-refractivity contribution in [3.8, 4) is 0 Å². The van der Waals surface area contributed by atoms with Crippen LogP contribution in [0.15, 0.2) is 0 Å². The molecule has 0 aliphatic carbocycles. The van der Waals surface area contributed by atoms with Crippen LogP contribution in [0.3, 0.4) is 0 Å². The Morgan fingerprint density at radius 3 is 2.93 bits per heavy atom. The Labute approximate surface area is 85.2 Å². The van der Waals surface area contributed by atoms with Gasteiger partial charge in [-0.1, -0.05) is 0 Å². The van der Waals surface area contributed by atoms with Crippen LogP contribution in [0.4, 0.5) is 0 Å². The topological polar surface area (TPSA) is 35.6 Å². The molecule has 0 aromatic rings. The van der Waals surface area contributed by atoms with E-state index in [9.17, 15) is 4.79 Å². The van der Waals surface area contributed by atoms with Gasteiger partial charge in [0.25, 0.3) is 0 Å². The highest BCUT2D eigenvalue weighted by Crippen LogP contribution is 2.12. The Balaban J connectivity index is 1.88. The zero-order valence-corrected chi connectivity index (χ0v) is 8.83. The Bertz CT molecular complexity index is 213. The number of carbonyl (C=O) groups excluding carboxylic acids is 1. The monoisotopic (exact) mass is 197 g/mol. The highest BCUT2D eigenvalue weighted by Gasteiger charge is 2.29. The summed E-state index contributed by atoms with van der Waals surface area (Å²) in [7, 11) is 0. The lowest BCUT2D eigenvalue weighted by Gasteiger charge is -2.36. The molecule has 0 aromatic heterocycles. The van der Waals surface area contributed by atoms with E-state index in [-0.39, 0.29) is 0 Å². The number of piperazine rings is 1. The molecule has 0 spiro atoms. The first kappa shape index (κ1) is 9.93. The quantitative estimate of drug-likeness (QED) is 0.649. The van der Waals surface area contributed by atoms with E-state index >= 15 is 0 Å². The van der Waals surface area contributed by atoms with E-state index in [1.54, 1.807) is 0 Å². The van der Waals surface area contributed by atoms with Gasteiger partial charge in [-0.2, -0.15) is 0 Å². The first-order valence-corrected chi connectivity index (χ1v) is 5.54. The Kier molecular flexibility index (Phi) is 3.03. The number of amides is 1. The molecule has 0 bridgehead atoms. The average molecular weight is 197 g/mol. The highest BCUT2D eigenvalue weighted by molar-refractivity contribution is 5.79. The van der Waals surface area contributed by atoms with Gasteiger partial charge in [-0.3, -0.25) is 9.69 Å². The van der Waals surface area contributed by atoms with Crippen LogP contribution in [0.5, 0.6) is 0 Å². The zero-order chi connectivity index (χ0) is 9.97. The molecule has 2 rings (SSSR count). The molecule has 1 atom stereocenters. The zero-order valence-electron chi connectivity index (χ0n) is 8.83. The number of nitrogens with zero attached hydrogens (tertiary/aromatic N) is 2. The molecule has 1 amide bonds. The predicted octanol–water partition coefficient (Wildman–Crippen LogP) is -0.488. The second kappa shape index (κ2) is 4.28. The maximum absolute atomic E-state index is 11.7. The Hall–Kier alpha value is -0.610. The molecule has 80 valence electrons. The number of hydrogen-bond donors (Lipinski definition) is 1. The molecule has 0 radical (unpaired) electrons. The summed E-state index contributed by atoms with van der Waals surface area (Å²) >= 11 is 0.